The first-order valence-electron chi connectivity index (χ1n) is 19.6. The van der Waals surface area contributed by atoms with Gasteiger partial charge in [0.05, 0.1) is 19.1 Å². The second-order valence-corrected chi connectivity index (χ2v) is 15.2. The van der Waals surface area contributed by atoms with Crippen LogP contribution in [0.2, 0.25) is 0 Å². The van der Waals surface area contributed by atoms with E-state index in [2.05, 4.69) is 122 Å². The molecule has 7 heteroatoms. The minimum Gasteiger partial charge on any atom is -0.496 e. The summed E-state index contributed by atoms with van der Waals surface area (Å²) in [6.07, 6.45) is 27.0. The van der Waals surface area contributed by atoms with Crippen molar-refractivity contribution in [3.8, 4) is 11.5 Å². The van der Waals surface area contributed by atoms with Crippen molar-refractivity contribution >= 4 is 64.6 Å². The summed E-state index contributed by atoms with van der Waals surface area (Å²) in [5, 5.41) is 2.09. The molecule has 0 aliphatic rings. The van der Waals surface area contributed by atoms with Gasteiger partial charge in [0.25, 0.3) is 0 Å². The first-order valence-corrected chi connectivity index (χ1v) is 21.3. The van der Waals surface area contributed by atoms with Gasteiger partial charge >= 0.3 is 0 Å². The third-order valence-corrected chi connectivity index (χ3v) is 10.7. The quantitative estimate of drug-likeness (QED) is 0.0554. The Hall–Kier alpha value is -4.33. The fourth-order valence-electron chi connectivity index (χ4n) is 5.73. The normalized spacial score (nSPS) is 11.2. The van der Waals surface area contributed by atoms with Crippen molar-refractivity contribution in [2.45, 2.75) is 86.5 Å². The van der Waals surface area contributed by atoms with Gasteiger partial charge in [-0.05, 0) is 85.7 Å². The van der Waals surface area contributed by atoms with Crippen LogP contribution in [0, 0.1) is 0 Å². The standard InChI is InChI=1S/C24H31NO2S.C23H31NOS.CH4/c1-4-6-16-25(17-7-5-2)21-13-12-20(24(18-21)27-3)10-8-9-11-22-14-15-23(19-26)28-22;1-4-6-16-24(17-7-5-2)21-15-14-20(23(19-21)25-3)11-8-9-12-22-13-10-18-26-22;/h8-15,18-19H,4-7,16-17H2,1-3H3;8-15,18-19H,4-7,16-17H2,1-3H3;1H4/b10-8+,11-9+;11-8+,12-9?;. The van der Waals surface area contributed by atoms with Gasteiger partial charge in [-0.1, -0.05) is 103 Å². The molecule has 0 amide bonds. The highest BCUT2D eigenvalue weighted by atomic mass is 32.1. The highest BCUT2D eigenvalue weighted by Gasteiger charge is 2.10. The first-order chi connectivity index (χ1) is 26.5. The molecule has 0 unspecified atom stereocenters. The number of anilines is 2. The predicted octanol–water partition coefficient (Wildman–Crippen LogP) is 14.2. The average molecular weight is 783 g/mol. The number of hydrogen-bond acceptors (Lipinski definition) is 7. The second kappa shape index (κ2) is 28.1. The number of thiophene rings is 2. The van der Waals surface area contributed by atoms with Crippen molar-refractivity contribution in [3.05, 3.63) is 116 Å². The van der Waals surface area contributed by atoms with E-state index in [-0.39, 0.29) is 7.43 Å². The van der Waals surface area contributed by atoms with E-state index in [1.807, 2.05) is 30.4 Å². The zero-order valence-electron chi connectivity index (χ0n) is 33.5. The van der Waals surface area contributed by atoms with E-state index in [4.69, 9.17) is 9.47 Å². The number of ether oxygens (including phenoxy) is 2. The van der Waals surface area contributed by atoms with E-state index in [1.54, 1.807) is 25.6 Å². The molecule has 2 aromatic heterocycles. The molecule has 5 nitrogen and oxygen atoms in total. The summed E-state index contributed by atoms with van der Waals surface area (Å²) in [6, 6.07) is 21.0. The molecule has 0 N–H and O–H groups in total. The topological polar surface area (TPSA) is 42.0 Å². The lowest BCUT2D eigenvalue weighted by Gasteiger charge is -2.25. The van der Waals surface area contributed by atoms with Crippen molar-refractivity contribution in [3.63, 3.8) is 0 Å². The fraction of sp³-hybridized carbons (Fsp3) is 0.396. The number of benzene rings is 2. The molecule has 0 saturated heterocycles. The Kier molecular flexibility index (Phi) is 24.0. The van der Waals surface area contributed by atoms with E-state index in [1.165, 1.54) is 79.0 Å². The van der Waals surface area contributed by atoms with Crippen molar-refractivity contribution in [2.24, 2.45) is 0 Å². The molecule has 298 valence electrons. The van der Waals surface area contributed by atoms with Gasteiger partial charge in [-0.3, -0.25) is 4.79 Å². The van der Waals surface area contributed by atoms with Gasteiger partial charge < -0.3 is 19.3 Å². The monoisotopic (exact) mass is 782 g/mol. The van der Waals surface area contributed by atoms with Crippen LogP contribution in [0.15, 0.2) is 90.3 Å². The SMILES string of the molecule is C.CCCCN(CCCC)c1ccc(/C=C/C=C/c2ccc(C=O)s2)c(OC)c1.CCCCN(CCCC)c1ccc(/C=C/C=Cc2cccs2)c(OC)c1. The number of aldehydes is 1. The zero-order valence-corrected chi connectivity index (χ0v) is 35.1. The van der Waals surface area contributed by atoms with Gasteiger partial charge in [-0.25, -0.2) is 0 Å². The molecule has 0 saturated carbocycles. The Morgan fingerprint density at radius 1 is 0.564 bits per heavy atom. The van der Waals surface area contributed by atoms with Crippen LogP contribution in [0.3, 0.4) is 0 Å². The molecule has 4 aromatic rings. The van der Waals surface area contributed by atoms with Gasteiger partial charge in [0.1, 0.15) is 11.5 Å². The Morgan fingerprint density at radius 3 is 1.38 bits per heavy atom. The fourth-order valence-corrected chi connectivity index (χ4v) is 7.10. The van der Waals surface area contributed by atoms with E-state index in [9.17, 15) is 4.79 Å². The van der Waals surface area contributed by atoms with Crippen molar-refractivity contribution in [1.82, 2.24) is 0 Å². The van der Waals surface area contributed by atoms with Crippen molar-refractivity contribution in [1.29, 1.82) is 0 Å². The summed E-state index contributed by atoms with van der Waals surface area (Å²) >= 11 is 3.23. The smallest absolute Gasteiger partial charge is 0.160 e. The maximum absolute atomic E-state index is 10.8. The Morgan fingerprint density at radius 2 is 1.00 bits per heavy atom. The number of unbranched alkanes of at least 4 members (excludes halogenated alkanes) is 4. The van der Waals surface area contributed by atoms with Crippen LogP contribution in [-0.2, 0) is 0 Å². The largest absolute Gasteiger partial charge is 0.496 e. The lowest BCUT2D eigenvalue weighted by atomic mass is 10.1. The molecule has 2 aromatic carbocycles. The summed E-state index contributed by atoms with van der Waals surface area (Å²) in [6.45, 7) is 13.3. The Labute approximate surface area is 341 Å². The molecule has 0 aliphatic heterocycles. The van der Waals surface area contributed by atoms with Crippen LogP contribution in [0.25, 0.3) is 24.3 Å². The second-order valence-electron chi connectivity index (χ2n) is 13.1. The van der Waals surface area contributed by atoms with E-state index in [0.29, 0.717) is 0 Å². The molecular weight excluding hydrogens is 717 g/mol. The third kappa shape index (κ3) is 16.9. The minimum atomic E-state index is 0. The lowest BCUT2D eigenvalue weighted by molar-refractivity contribution is 0.112. The lowest BCUT2D eigenvalue weighted by Crippen LogP contribution is -2.25. The van der Waals surface area contributed by atoms with E-state index in [0.717, 1.165) is 64.8 Å². The molecule has 0 fully saturated rings. The number of rotatable bonds is 23. The number of carbonyl (C=O) groups is 1. The average Bonchev–Trinajstić information content (AvgIpc) is 3.91. The van der Waals surface area contributed by atoms with E-state index >= 15 is 0 Å². The number of hydrogen-bond donors (Lipinski definition) is 0. The number of methoxy groups -OCH3 is 2. The van der Waals surface area contributed by atoms with Gasteiger partial charge in [0.2, 0.25) is 0 Å². The molecule has 0 spiro atoms. The van der Waals surface area contributed by atoms with Gasteiger partial charge in [0, 0.05) is 70.6 Å². The van der Waals surface area contributed by atoms with Crippen LogP contribution in [0.1, 0.15) is 117 Å². The van der Waals surface area contributed by atoms with Gasteiger partial charge in [-0.15, -0.1) is 22.7 Å². The maximum atomic E-state index is 10.8. The molecular formula is C48H66N2O3S2. The summed E-state index contributed by atoms with van der Waals surface area (Å²) in [4.78, 5) is 18.8. The number of nitrogens with zero attached hydrogens (tertiary/aromatic N) is 2. The Balaban J connectivity index is 0.000000374. The summed E-state index contributed by atoms with van der Waals surface area (Å²) in [7, 11) is 3.47. The van der Waals surface area contributed by atoms with Crippen LogP contribution in [0.5, 0.6) is 11.5 Å². The van der Waals surface area contributed by atoms with E-state index < -0.39 is 0 Å². The molecule has 0 atom stereocenters. The number of allylic oxidation sites excluding steroid dienone is 4. The van der Waals surface area contributed by atoms with Crippen LogP contribution >= 0.6 is 22.7 Å². The third-order valence-electron chi connectivity index (χ3n) is 8.89. The molecule has 2 heterocycles. The molecule has 0 radical (unpaired) electrons. The molecule has 4 rings (SSSR count). The summed E-state index contributed by atoms with van der Waals surface area (Å²) in [5.74, 6) is 1.82. The Bertz CT molecular complexity index is 1720. The van der Waals surface area contributed by atoms with Crippen molar-refractivity contribution < 1.29 is 14.3 Å². The molecule has 55 heavy (non-hydrogen) atoms. The highest BCUT2D eigenvalue weighted by Crippen LogP contribution is 2.29. The predicted molar refractivity (Wildman–Crippen MR) is 247 cm³/mol. The number of carbonyl (C=O) groups excluding carboxylic acids is 1. The van der Waals surface area contributed by atoms with Gasteiger partial charge in [-0.2, -0.15) is 0 Å². The molecule has 0 aliphatic carbocycles. The van der Waals surface area contributed by atoms with Crippen LogP contribution < -0.4 is 19.3 Å². The molecule has 0 bridgehead atoms. The van der Waals surface area contributed by atoms with Gasteiger partial charge in [0.15, 0.2) is 6.29 Å². The zero-order chi connectivity index (χ0) is 38.8. The minimum absolute atomic E-state index is 0. The van der Waals surface area contributed by atoms with Crippen molar-refractivity contribution in [2.75, 3.05) is 50.2 Å². The summed E-state index contributed by atoms with van der Waals surface area (Å²) < 4.78 is 11.3. The van der Waals surface area contributed by atoms with Crippen LogP contribution in [-0.4, -0.2) is 46.7 Å². The first kappa shape index (κ1) is 46.8. The van der Waals surface area contributed by atoms with Crippen LogP contribution in [0.4, 0.5) is 11.4 Å². The highest BCUT2D eigenvalue weighted by molar-refractivity contribution is 7.14. The maximum Gasteiger partial charge on any atom is 0.160 e. The summed E-state index contributed by atoms with van der Waals surface area (Å²) in [5.41, 5.74) is 4.65.